The van der Waals surface area contributed by atoms with E-state index in [-0.39, 0.29) is 12.2 Å². The van der Waals surface area contributed by atoms with E-state index >= 15 is 0 Å². The van der Waals surface area contributed by atoms with Crippen LogP contribution < -0.4 is 0 Å². The summed E-state index contributed by atoms with van der Waals surface area (Å²) in [6.07, 6.45) is 15.7. The minimum Gasteiger partial charge on any atom is -0.393 e. The Hall–Kier alpha value is -0.610. The standard InChI is InChI=1S/C30H51NO3/c1-20(7-12-28(33)31-17-5-6-23(19-31)34-4)25-10-11-26-24-9-8-21-18-22(32)13-15-29(21,2)27(24)14-16-30(25,26)3/h20-27,32H,5-19H2,1-4H3/t20?,21-,22-,23-,24-,25+,26-,27-,29-,30+/m0/s1. The Kier molecular flexibility index (Phi) is 7.14. The number of carbonyl (C=O) groups excluding carboxylic acids is 1. The minimum absolute atomic E-state index is 0.0479. The number of ether oxygens (including phenoxy) is 1. The van der Waals surface area contributed by atoms with Gasteiger partial charge in [0, 0.05) is 26.6 Å². The number of fused-ring (bicyclic) bond motifs is 5. The molecule has 1 unspecified atom stereocenters. The van der Waals surface area contributed by atoms with Gasteiger partial charge < -0.3 is 14.7 Å². The fraction of sp³-hybridized carbons (Fsp3) is 0.967. The number of carbonyl (C=O) groups is 1. The maximum absolute atomic E-state index is 13.0. The molecule has 4 heteroatoms. The number of likely N-dealkylation sites (tertiary alicyclic amines) is 1. The van der Waals surface area contributed by atoms with Gasteiger partial charge in [0.05, 0.1) is 12.2 Å². The number of hydrogen-bond donors (Lipinski definition) is 1. The zero-order chi connectivity index (χ0) is 24.1. The summed E-state index contributed by atoms with van der Waals surface area (Å²) in [6.45, 7) is 9.38. The molecular weight excluding hydrogens is 422 g/mol. The first-order valence-electron chi connectivity index (χ1n) is 14.7. The van der Waals surface area contributed by atoms with Crippen LogP contribution in [0.15, 0.2) is 0 Å². The Bertz CT molecular complexity index is 741. The highest BCUT2D eigenvalue weighted by molar-refractivity contribution is 5.76. The fourth-order valence-corrected chi connectivity index (χ4v) is 10.3. The van der Waals surface area contributed by atoms with Gasteiger partial charge in [-0.05, 0) is 123 Å². The average Bonchev–Trinajstić information content (AvgIpc) is 3.20. The largest absolute Gasteiger partial charge is 0.393 e. The molecule has 4 aliphatic carbocycles. The van der Waals surface area contributed by atoms with Crippen LogP contribution in [-0.4, -0.2) is 48.3 Å². The maximum atomic E-state index is 13.0. The molecule has 1 N–H and O–H groups in total. The van der Waals surface area contributed by atoms with Gasteiger partial charge in [-0.25, -0.2) is 0 Å². The van der Waals surface area contributed by atoms with E-state index in [0.717, 1.165) is 74.8 Å². The Morgan fingerprint density at radius 1 is 1.03 bits per heavy atom. The molecule has 0 aromatic rings. The van der Waals surface area contributed by atoms with Gasteiger partial charge in [0.25, 0.3) is 0 Å². The van der Waals surface area contributed by atoms with Crippen LogP contribution in [0.2, 0.25) is 0 Å². The Morgan fingerprint density at radius 2 is 1.79 bits per heavy atom. The van der Waals surface area contributed by atoms with E-state index < -0.39 is 0 Å². The number of aliphatic hydroxyl groups is 1. The number of nitrogens with zero attached hydrogens (tertiary/aromatic N) is 1. The van der Waals surface area contributed by atoms with Crippen molar-refractivity contribution in [1.82, 2.24) is 4.90 Å². The summed E-state index contributed by atoms with van der Waals surface area (Å²) in [5, 5.41) is 10.3. The van der Waals surface area contributed by atoms with Crippen molar-refractivity contribution in [2.75, 3.05) is 20.2 Å². The van der Waals surface area contributed by atoms with Crippen molar-refractivity contribution in [3.63, 3.8) is 0 Å². The highest BCUT2D eigenvalue weighted by Crippen LogP contribution is 2.68. The topological polar surface area (TPSA) is 49.8 Å². The third-order valence-corrected chi connectivity index (χ3v) is 12.3. The first-order valence-corrected chi connectivity index (χ1v) is 14.7. The molecule has 10 atom stereocenters. The maximum Gasteiger partial charge on any atom is 0.222 e. The highest BCUT2D eigenvalue weighted by Gasteiger charge is 2.60. The molecule has 4 saturated carbocycles. The molecule has 5 fully saturated rings. The number of amides is 1. The van der Waals surface area contributed by atoms with Crippen LogP contribution in [0, 0.1) is 46.3 Å². The summed E-state index contributed by atoms with van der Waals surface area (Å²) >= 11 is 0. The summed E-state index contributed by atoms with van der Waals surface area (Å²) in [5.41, 5.74) is 0.932. The van der Waals surface area contributed by atoms with Crippen LogP contribution in [0.5, 0.6) is 0 Å². The predicted octanol–water partition coefficient (Wildman–Crippen LogP) is 6.06. The first kappa shape index (κ1) is 25.1. The van der Waals surface area contributed by atoms with Crippen LogP contribution in [0.25, 0.3) is 0 Å². The van der Waals surface area contributed by atoms with Gasteiger partial charge in [0.1, 0.15) is 0 Å². The van der Waals surface area contributed by atoms with Gasteiger partial charge in [-0.3, -0.25) is 4.79 Å². The predicted molar refractivity (Wildman–Crippen MR) is 136 cm³/mol. The Morgan fingerprint density at radius 3 is 2.59 bits per heavy atom. The van der Waals surface area contributed by atoms with Crippen molar-refractivity contribution in [2.24, 2.45) is 46.3 Å². The third kappa shape index (κ3) is 4.27. The van der Waals surface area contributed by atoms with Gasteiger partial charge in [0.15, 0.2) is 0 Å². The van der Waals surface area contributed by atoms with Gasteiger partial charge in [-0.15, -0.1) is 0 Å². The second kappa shape index (κ2) is 9.69. The van der Waals surface area contributed by atoms with Crippen molar-refractivity contribution in [1.29, 1.82) is 0 Å². The average molecular weight is 474 g/mol. The van der Waals surface area contributed by atoms with Crippen molar-refractivity contribution in [3.8, 4) is 0 Å². The molecule has 4 nitrogen and oxygen atoms in total. The summed E-state index contributed by atoms with van der Waals surface area (Å²) in [4.78, 5) is 15.0. The van der Waals surface area contributed by atoms with Crippen LogP contribution in [0.4, 0.5) is 0 Å². The Balaban J connectivity index is 1.21. The van der Waals surface area contributed by atoms with Crippen molar-refractivity contribution >= 4 is 5.91 Å². The van der Waals surface area contributed by atoms with E-state index in [4.69, 9.17) is 4.74 Å². The number of aliphatic hydroxyl groups excluding tert-OH is 1. The number of hydrogen-bond acceptors (Lipinski definition) is 3. The van der Waals surface area contributed by atoms with E-state index in [1.165, 1.54) is 44.9 Å². The van der Waals surface area contributed by atoms with Crippen molar-refractivity contribution in [2.45, 2.75) is 116 Å². The molecular formula is C30H51NO3. The minimum atomic E-state index is -0.0479. The van der Waals surface area contributed by atoms with E-state index in [0.29, 0.717) is 29.1 Å². The molecule has 1 aliphatic heterocycles. The normalized spacial score (nSPS) is 47.4. The zero-order valence-electron chi connectivity index (χ0n) is 22.4. The van der Waals surface area contributed by atoms with Gasteiger partial charge >= 0.3 is 0 Å². The molecule has 34 heavy (non-hydrogen) atoms. The van der Waals surface area contributed by atoms with E-state index in [1.54, 1.807) is 7.11 Å². The Labute approximate surface area is 208 Å². The number of rotatable bonds is 5. The smallest absolute Gasteiger partial charge is 0.222 e. The molecule has 1 saturated heterocycles. The van der Waals surface area contributed by atoms with Gasteiger partial charge in [-0.2, -0.15) is 0 Å². The van der Waals surface area contributed by atoms with Crippen molar-refractivity contribution < 1.29 is 14.6 Å². The quantitative estimate of drug-likeness (QED) is 0.528. The summed E-state index contributed by atoms with van der Waals surface area (Å²) in [7, 11) is 1.77. The fourth-order valence-electron chi connectivity index (χ4n) is 10.3. The van der Waals surface area contributed by atoms with Crippen LogP contribution in [-0.2, 0) is 9.53 Å². The molecule has 0 aromatic heterocycles. The lowest BCUT2D eigenvalue weighted by Gasteiger charge is -2.61. The van der Waals surface area contributed by atoms with Crippen LogP contribution in [0.3, 0.4) is 0 Å². The first-order chi connectivity index (χ1) is 16.3. The highest BCUT2D eigenvalue weighted by atomic mass is 16.5. The monoisotopic (exact) mass is 473 g/mol. The third-order valence-electron chi connectivity index (χ3n) is 12.3. The molecule has 0 aromatic carbocycles. The molecule has 0 bridgehead atoms. The summed E-state index contributed by atoms with van der Waals surface area (Å²) in [6, 6.07) is 0. The van der Waals surface area contributed by atoms with E-state index in [1.807, 2.05) is 0 Å². The number of methoxy groups -OCH3 is 1. The molecule has 0 radical (unpaired) electrons. The van der Waals surface area contributed by atoms with E-state index in [2.05, 4.69) is 25.7 Å². The second-order valence-electron chi connectivity index (χ2n) is 13.7. The molecule has 1 amide bonds. The second-order valence-corrected chi connectivity index (χ2v) is 13.7. The summed E-state index contributed by atoms with van der Waals surface area (Å²) in [5.74, 6) is 5.16. The molecule has 5 aliphatic rings. The molecule has 1 heterocycles. The lowest BCUT2D eigenvalue weighted by Crippen LogP contribution is -2.54. The zero-order valence-corrected chi connectivity index (χ0v) is 22.4. The molecule has 5 rings (SSSR count). The van der Waals surface area contributed by atoms with Gasteiger partial charge in [-0.1, -0.05) is 20.8 Å². The van der Waals surface area contributed by atoms with E-state index in [9.17, 15) is 9.90 Å². The van der Waals surface area contributed by atoms with Crippen LogP contribution >= 0.6 is 0 Å². The molecule has 194 valence electrons. The van der Waals surface area contributed by atoms with Crippen molar-refractivity contribution in [3.05, 3.63) is 0 Å². The lowest BCUT2D eigenvalue weighted by molar-refractivity contribution is -0.136. The lowest BCUT2D eigenvalue weighted by atomic mass is 9.44. The number of piperidine rings is 1. The SMILES string of the molecule is CO[C@H]1CCCN(C(=O)CCC(C)[C@H]2CC[C@H]3[C@@H]4CC[C@H]5C[C@@H](O)CC[C@]5(C)[C@H]4CC[C@]23C)C1. The van der Waals surface area contributed by atoms with Crippen LogP contribution in [0.1, 0.15) is 104 Å². The summed E-state index contributed by atoms with van der Waals surface area (Å²) < 4.78 is 5.53. The molecule has 0 spiro atoms. The van der Waals surface area contributed by atoms with Gasteiger partial charge in [0.2, 0.25) is 5.91 Å².